The van der Waals surface area contributed by atoms with Crippen molar-refractivity contribution in [3.05, 3.63) is 130 Å². The van der Waals surface area contributed by atoms with Gasteiger partial charge in [0, 0.05) is 77.2 Å². The maximum absolute atomic E-state index is 13.6. The van der Waals surface area contributed by atoms with Crippen LogP contribution >= 0.6 is 0 Å². The van der Waals surface area contributed by atoms with Gasteiger partial charge in [0.15, 0.2) is 0 Å². The quantitative estimate of drug-likeness (QED) is 0.0543. The number of hydrogen-bond donors (Lipinski definition) is 6. The number of fused-ring (bicyclic) bond motifs is 3. The van der Waals surface area contributed by atoms with Crippen molar-refractivity contribution in [2.75, 3.05) is 73.6 Å². The molecule has 6 aromatic rings. The van der Waals surface area contributed by atoms with Crippen molar-refractivity contribution >= 4 is 58.2 Å². The number of amides is 6. The third kappa shape index (κ3) is 11.4. The largest absolute Gasteiger partial charge is 0.351 e. The molecule has 1 aliphatic carbocycles. The van der Waals surface area contributed by atoms with Crippen molar-refractivity contribution in [3.8, 4) is 11.1 Å². The zero-order chi connectivity index (χ0) is 50.5. The summed E-state index contributed by atoms with van der Waals surface area (Å²) in [6.07, 6.45) is 14.8. The molecule has 72 heavy (non-hydrogen) atoms. The number of aromatic nitrogens is 4. The number of hydrogen-bond acceptors (Lipinski definition) is 8. The van der Waals surface area contributed by atoms with E-state index in [1.54, 1.807) is 108 Å². The van der Waals surface area contributed by atoms with E-state index in [0.717, 1.165) is 74.4 Å². The Morgan fingerprint density at radius 2 is 0.736 bits per heavy atom. The highest BCUT2D eigenvalue weighted by Crippen LogP contribution is 2.35. The van der Waals surface area contributed by atoms with Gasteiger partial charge < -0.3 is 60.0 Å². The van der Waals surface area contributed by atoms with E-state index in [2.05, 4.69) is 41.7 Å². The first-order chi connectivity index (χ1) is 34.8. The standard InChI is InChI=1S/C54H64N12O6/c1-61-33-41(27-45(61)51(69)55-17-9-23-65-19-5-6-20-65)59-53(71)47-29-39(31-63(47)3)57-49(67)37-13-15-43-35(25-37)11-12-36-26-38(14-16-44(36)43)50(68)58-40-30-48(64(4)32-40)54(72)60-42-28-46(62(2)34-42)52(70)56-18-10-24-66-21-7-8-22-66/h13-16,25-34H,5-12,17-24H2,1-4H3,(H,55,69)(H,56,70)(H,57,67)(H,58,68)(H,59,71)(H,60,72). The summed E-state index contributed by atoms with van der Waals surface area (Å²) in [5, 5.41) is 17.6. The van der Waals surface area contributed by atoms with Crippen LogP contribution in [0.15, 0.2) is 85.5 Å². The second kappa shape index (κ2) is 21.7. The Hall–Kier alpha value is -7.70. The van der Waals surface area contributed by atoms with E-state index in [1.165, 1.54) is 25.7 Å². The maximum Gasteiger partial charge on any atom is 0.272 e. The Kier molecular flexibility index (Phi) is 14.9. The summed E-state index contributed by atoms with van der Waals surface area (Å²) in [7, 11) is 6.98. The Morgan fingerprint density at radius 3 is 1.08 bits per heavy atom. The monoisotopic (exact) mass is 977 g/mol. The first-order valence-corrected chi connectivity index (χ1v) is 24.9. The highest BCUT2D eigenvalue weighted by molar-refractivity contribution is 6.09. The van der Waals surface area contributed by atoms with Crippen LogP contribution < -0.4 is 31.9 Å². The third-order valence-electron chi connectivity index (χ3n) is 13.9. The molecule has 376 valence electrons. The van der Waals surface area contributed by atoms with Gasteiger partial charge in [-0.1, -0.05) is 12.1 Å². The number of aryl methyl sites for hydroxylation is 6. The van der Waals surface area contributed by atoms with Gasteiger partial charge in [0.25, 0.3) is 35.4 Å². The molecular formula is C54H64N12O6. The molecule has 2 aromatic carbocycles. The Morgan fingerprint density at radius 1 is 0.417 bits per heavy atom. The average molecular weight is 977 g/mol. The molecule has 0 bridgehead atoms. The van der Waals surface area contributed by atoms with Crippen LogP contribution in [-0.4, -0.2) is 116 Å². The summed E-state index contributed by atoms with van der Waals surface area (Å²) in [6, 6.07) is 17.7. The first kappa shape index (κ1) is 49.3. The average Bonchev–Trinajstić information content (AvgIpc) is 4.25. The lowest BCUT2D eigenvalue weighted by Crippen LogP contribution is -2.29. The van der Waals surface area contributed by atoms with Crippen LogP contribution in [0.3, 0.4) is 0 Å². The normalized spacial score (nSPS) is 14.4. The number of likely N-dealkylation sites (tertiary alicyclic amines) is 2. The minimum absolute atomic E-state index is 0.199. The zero-order valence-corrected chi connectivity index (χ0v) is 41.5. The number of carbonyl (C=O) groups is 6. The molecule has 2 saturated heterocycles. The van der Waals surface area contributed by atoms with Crippen molar-refractivity contribution in [1.82, 2.24) is 38.7 Å². The smallest absolute Gasteiger partial charge is 0.272 e. The maximum atomic E-state index is 13.6. The molecule has 4 aromatic heterocycles. The fraction of sp³-hybridized carbons (Fsp3) is 0.370. The number of nitrogens with zero attached hydrogens (tertiary/aromatic N) is 6. The molecule has 0 spiro atoms. The van der Waals surface area contributed by atoms with Crippen LogP contribution in [0.5, 0.6) is 0 Å². The molecule has 3 aliphatic rings. The molecule has 2 aliphatic heterocycles. The van der Waals surface area contributed by atoms with E-state index in [1.807, 2.05) is 24.3 Å². The summed E-state index contributed by atoms with van der Waals surface area (Å²) < 4.78 is 6.65. The molecule has 0 unspecified atom stereocenters. The van der Waals surface area contributed by atoms with Crippen LogP contribution in [0, 0.1) is 0 Å². The summed E-state index contributed by atoms with van der Waals surface area (Å²) >= 11 is 0. The highest BCUT2D eigenvalue weighted by Gasteiger charge is 2.23. The highest BCUT2D eigenvalue weighted by atomic mass is 16.2. The number of carbonyl (C=O) groups excluding carboxylic acids is 6. The summed E-state index contributed by atoms with van der Waals surface area (Å²) in [4.78, 5) is 84.5. The fourth-order valence-electron chi connectivity index (χ4n) is 10.1. The minimum Gasteiger partial charge on any atom is -0.351 e. The summed E-state index contributed by atoms with van der Waals surface area (Å²) in [5.41, 5.74) is 8.34. The van der Waals surface area contributed by atoms with Gasteiger partial charge in [0.2, 0.25) is 0 Å². The fourth-order valence-corrected chi connectivity index (χ4v) is 10.1. The second-order valence-electron chi connectivity index (χ2n) is 19.3. The lowest BCUT2D eigenvalue weighted by Gasteiger charge is -2.21. The number of anilines is 4. The number of nitrogens with one attached hydrogen (secondary N) is 6. The molecule has 0 saturated carbocycles. The van der Waals surface area contributed by atoms with Gasteiger partial charge in [-0.25, -0.2) is 0 Å². The van der Waals surface area contributed by atoms with Gasteiger partial charge in [0.05, 0.1) is 22.7 Å². The predicted molar refractivity (Wildman–Crippen MR) is 278 cm³/mol. The zero-order valence-electron chi connectivity index (χ0n) is 41.5. The first-order valence-electron chi connectivity index (χ1n) is 24.9. The van der Waals surface area contributed by atoms with Gasteiger partial charge in [-0.05, 0) is 161 Å². The molecule has 18 nitrogen and oxygen atoms in total. The number of benzene rings is 2. The van der Waals surface area contributed by atoms with E-state index in [9.17, 15) is 28.8 Å². The molecule has 9 rings (SSSR count). The SMILES string of the molecule is Cn1cc(NC(=O)c2cc(NC(=O)c3ccc4c(c3)CCc3cc(C(=O)Nc5cc(C(=O)Nc6cc(C(=O)NCCCN7CCCC7)n(C)c6)n(C)c5)ccc3-4)cn2C)cc1C(=O)NCCCN1CCCC1. The topological polar surface area (TPSA) is 201 Å². The molecule has 6 amide bonds. The number of rotatable bonds is 18. The summed E-state index contributed by atoms with van der Waals surface area (Å²) in [5.74, 6) is -1.80. The van der Waals surface area contributed by atoms with E-state index in [-0.39, 0.29) is 35.4 Å². The van der Waals surface area contributed by atoms with Gasteiger partial charge in [0.1, 0.15) is 22.8 Å². The molecular weight excluding hydrogens is 913 g/mol. The van der Waals surface area contributed by atoms with Crippen LogP contribution in [0.4, 0.5) is 22.7 Å². The van der Waals surface area contributed by atoms with Crippen molar-refractivity contribution in [3.63, 3.8) is 0 Å². The predicted octanol–water partition coefficient (Wildman–Crippen LogP) is 6.25. The van der Waals surface area contributed by atoms with Crippen LogP contribution in [-0.2, 0) is 41.0 Å². The Bertz CT molecular complexity index is 2830. The van der Waals surface area contributed by atoms with Crippen molar-refractivity contribution in [2.45, 2.75) is 51.4 Å². The van der Waals surface area contributed by atoms with Gasteiger partial charge in [-0.15, -0.1) is 0 Å². The second-order valence-corrected chi connectivity index (χ2v) is 19.3. The molecule has 6 heterocycles. The van der Waals surface area contributed by atoms with E-state index in [0.29, 0.717) is 82.6 Å². The molecule has 0 radical (unpaired) electrons. The van der Waals surface area contributed by atoms with Crippen LogP contribution in [0.2, 0.25) is 0 Å². The molecule has 6 N–H and O–H groups in total. The van der Waals surface area contributed by atoms with Crippen molar-refractivity contribution < 1.29 is 28.8 Å². The van der Waals surface area contributed by atoms with Crippen molar-refractivity contribution in [2.24, 2.45) is 28.2 Å². The molecule has 2 fully saturated rings. The van der Waals surface area contributed by atoms with Gasteiger partial charge in [-0.2, -0.15) is 0 Å². The van der Waals surface area contributed by atoms with Gasteiger partial charge >= 0.3 is 0 Å². The van der Waals surface area contributed by atoms with E-state index in [4.69, 9.17) is 0 Å². The molecule has 18 heteroatoms. The van der Waals surface area contributed by atoms with E-state index < -0.39 is 0 Å². The summed E-state index contributed by atoms with van der Waals surface area (Å²) in [6.45, 7) is 7.58. The lowest BCUT2D eigenvalue weighted by molar-refractivity contribution is 0.0935. The van der Waals surface area contributed by atoms with Crippen molar-refractivity contribution in [1.29, 1.82) is 0 Å². The Balaban J connectivity index is 0.762. The van der Waals surface area contributed by atoms with Gasteiger partial charge in [-0.3, -0.25) is 28.8 Å². The lowest BCUT2D eigenvalue weighted by atomic mass is 9.84. The molecule has 0 atom stereocenters. The Labute approximate surface area is 419 Å². The minimum atomic E-state index is -0.385. The van der Waals surface area contributed by atoms with E-state index >= 15 is 0 Å². The van der Waals surface area contributed by atoms with Crippen LogP contribution in [0.1, 0.15) is 112 Å². The van der Waals surface area contributed by atoms with Crippen LogP contribution in [0.25, 0.3) is 11.1 Å². The third-order valence-corrected chi connectivity index (χ3v) is 13.9.